The van der Waals surface area contributed by atoms with Gasteiger partial charge in [0, 0.05) is 30.9 Å². The monoisotopic (exact) mass is 235 g/mol. The van der Waals surface area contributed by atoms with Gasteiger partial charge in [0.15, 0.2) is 0 Å². The Bertz CT molecular complexity index is 460. The van der Waals surface area contributed by atoms with Gasteiger partial charge in [0.25, 0.3) is 5.56 Å². The van der Waals surface area contributed by atoms with Crippen molar-refractivity contribution in [2.75, 3.05) is 6.54 Å². The second-order valence-corrected chi connectivity index (χ2v) is 4.65. The van der Waals surface area contributed by atoms with Crippen LogP contribution in [0.5, 0.6) is 0 Å². The van der Waals surface area contributed by atoms with Crippen LogP contribution in [0.1, 0.15) is 25.4 Å². The lowest BCUT2D eigenvalue weighted by Gasteiger charge is -2.13. The van der Waals surface area contributed by atoms with Gasteiger partial charge in [-0.05, 0) is 19.4 Å². The first-order valence-corrected chi connectivity index (χ1v) is 5.85. The van der Waals surface area contributed by atoms with Crippen LogP contribution in [-0.4, -0.2) is 22.1 Å². The summed E-state index contributed by atoms with van der Waals surface area (Å²) in [4.78, 5) is 16.1. The van der Waals surface area contributed by atoms with Crippen molar-refractivity contribution in [1.82, 2.24) is 14.9 Å². The Balaban J connectivity index is 2.75. The summed E-state index contributed by atoms with van der Waals surface area (Å²) in [5.74, 6) is 0.737. The zero-order valence-electron chi connectivity index (χ0n) is 11.1. The lowest BCUT2D eigenvalue weighted by atomic mass is 10.2. The summed E-state index contributed by atoms with van der Waals surface area (Å²) in [6.07, 6.45) is 0. The average molecular weight is 235 g/mol. The number of hydrogen-bond donors (Lipinski definition) is 1. The molecule has 1 aromatic rings. The summed E-state index contributed by atoms with van der Waals surface area (Å²) >= 11 is 0. The van der Waals surface area contributed by atoms with Crippen molar-refractivity contribution in [2.24, 2.45) is 0 Å². The third kappa shape index (κ3) is 4.15. The van der Waals surface area contributed by atoms with Crippen LogP contribution in [0.15, 0.2) is 23.0 Å². The zero-order valence-corrected chi connectivity index (χ0v) is 11.1. The van der Waals surface area contributed by atoms with Crippen LogP contribution >= 0.6 is 0 Å². The molecule has 0 bridgehead atoms. The zero-order chi connectivity index (χ0) is 13.0. The Kier molecular flexibility index (Phi) is 4.63. The molecule has 17 heavy (non-hydrogen) atoms. The molecule has 0 unspecified atom stereocenters. The minimum absolute atomic E-state index is 0.0132. The molecule has 0 aliphatic rings. The highest BCUT2D eigenvalue weighted by Gasteiger charge is 2.05. The van der Waals surface area contributed by atoms with E-state index in [0.717, 1.165) is 23.6 Å². The molecule has 4 heteroatoms. The summed E-state index contributed by atoms with van der Waals surface area (Å²) in [6, 6.07) is 1.97. The summed E-state index contributed by atoms with van der Waals surface area (Å²) in [5.41, 5.74) is 1.73. The van der Waals surface area contributed by atoms with Gasteiger partial charge in [-0.1, -0.05) is 20.4 Å². The topological polar surface area (TPSA) is 46.9 Å². The number of nitrogens with one attached hydrogen (secondary N) is 1. The maximum Gasteiger partial charge on any atom is 0.254 e. The average Bonchev–Trinajstić information content (AvgIpc) is 2.20. The Labute approximate surface area is 102 Å². The number of rotatable bonds is 5. The fraction of sp³-hybridized carbons (Fsp3) is 0.538. The maximum atomic E-state index is 11.8. The molecule has 0 aromatic carbocycles. The molecule has 0 amide bonds. The lowest BCUT2D eigenvalue weighted by molar-refractivity contribution is 0.592. The number of nitrogens with zero attached hydrogens (tertiary/aromatic N) is 2. The first-order chi connectivity index (χ1) is 7.90. The van der Waals surface area contributed by atoms with E-state index in [-0.39, 0.29) is 5.56 Å². The van der Waals surface area contributed by atoms with Crippen LogP contribution in [-0.2, 0) is 6.54 Å². The van der Waals surface area contributed by atoms with Gasteiger partial charge in [-0.15, -0.1) is 0 Å². The highest BCUT2D eigenvalue weighted by atomic mass is 16.1. The van der Waals surface area contributed by atoms with Crippen molar-refractivity contribution < 1.29 is 0 Å². The minimum Gasteiger partial charge on any atom is -0.311 e. The molecule has 4 nitrogen and oxygen atoms in total. The Hall–Kier alpha value is -1.42. The number of aryl methyl sites for hydroxylation is 2. The fourth-order valence-electron chi connectivity index (χ4n) is 1.58. The molecule has 0 saturated carbocycles. The van der Waals surface area contributed by atoms with Gasteiger partial charge in [-0.25, -0.2) is 4.98 Å². The van der Waals surface area contributed by atoms with E-state index >= 15 is 0 Å². The van der Waals surface area contributed by atoms with Crippen molar-refractivity contribution in [3.05, 3.63) is 40.1 Å². The van der Waals surface area contributed by atoms with E-state index in [1.807, 2.05) is 13.8 Å². The van der Waals surface area contributed by atoms with E-state index in [1.165, 1.54) is 0 Å². The molecule has 0 saturated heterocycles. The second-order valence-electron chi connectivity index (χ2n) is 4.65. The highest BCUT2D eigenvalue weighted by Crippen LogP contribution is 1.98. The Morgan fingerprint density at radius 2 is 2.18 bits per heavy atom. The van der Waals surface area contributed by atoms with Gasteiger partial charge in [0.05, 0.1) is 0 Å². The van der Waals surface area contributed by atoms with Crippen molar-refractivity contribution in [2.45, 2.75) is 40.3 Å². The predicted molar refractivity (Wildman–Crippen MR) is 70.2 cm³/mol. The summed E-state index contributed by atoms with van der Waals surface area (Å²) in [6.45, 7) is 13.1. The molecule has 0 spiro atoms. The summed E-state index contributed by atoms with van der Waals surface area (Å²) < 4.78 is 1.65. The normalized spacial score (nSPS) is 10.9. The molecule has 1 aromatic heterocycles. The second kappa shape index (κ2) is 5.77. The predicted octanol–water partition coefficient (Wildman–Crippen LogP) is 1.41. The molecule has 1 rings (SSSR count). The largest absolute Gasteiger partial charge is 0.311 e. The SMILES string of the molecule is C=C(CNC(C)C)Cn1c(C)nc(C)cc1=O. The molecule has 0 atom stereocenters. The van der Waals surface area contributed by atoms with Gasteiger partial charge in [0.1, 0.15) is 5.82 Å². The fourth-order valence-corrected chi connectivity index (χ4v) is 1.58. The van der Waals surface area contributed by atoms with Crippen LogP contribution in [0.2, 0.25) is 0 Å². The standard InChI is InChI=1S/C13H21N3O/c1-9(2)14-7-10(3)8-16-12(5)15-11(4)6-13(16)17/h6,9,14H,3,7-8H2,1-2,4-5H3. The van der Waals surface area contributed by atoms with Crippen LogP contribution in [0.25, 0.3) is 0 Å². The first-order valence-electron chi connectivity index (χ1n) is 5.85. The third-order valence-electron chi connectivity index (χ3n) is 2.47. The van der Waals surface area contributed by atoms with E-state index < -0.39 is 0 Å². The first kappa shape index (κ1) is 13.6. The van der Waals surface area contributed by atoms with Crippen LogP contribution in [0, 0.1) is 13.8 Å². The lowest BCUT2D eigenvalue weighted by Crippen LogP contribution is -2.29. The van der Waals surface area contributed by atoms with Gasteiger partial charge in [-0.3, -0.25) is 9.36 Å². The van der Waals surface area contributed by atoms with Gasteiger partial charge in [-0.2, -0.15) is 0 Å². The molecule has 0 radical (unpaired) electrons. The number of hydrogen-bond acceptors (Lipinski definition) is 3. The van der Waals surface area contributed by atoms with Crippen molar-refractivity contribution in [3.63, 3.8) is 0 Å². The van der Waals surface area contributed by atoms with Crippen LogP contribution in [0.3, 0.4) is 0 Å². The maximum absolute atomic E-state index is 11.8. The minimum atomic E-state index is -0.0132. The molecule has 0 aliphatic carbocycles. The van der Waals surface area contributed by atoms with Crippen molar-refractivity contribution in [3.8, 4) is 0 Å². The van der Waals surface area contributed by atoms with Gasteiger partial charge < -0.3 is 5.32 Å². The third-order valence-corrected chi connectivity index (χ3v) is 2.47. The molecule has 0 fully saturated rings. The Morgan fingerprint density at radius 1 is 1.53 bits per heavy atom. The molecular formula is C13H21N3O. The van der Waals surface area contributed by atoms with Gasteiger partial charge in [0.2, 0.25) is 0 Å². The van der Waals surface area contributed by atoms with E-state index in [9.17, 15) is 4.79 Å². The highest BCUT2D eigenvalue weighted by molar-refractivity contribution is 5.06. The van der Waals surface area contributed by atoms with Gasteiger partial charge >= 0.3 is 0 Å². The van der Waals surface area contributed by atoms with E-state index in [0.29, 0.717) is 12.6 Å². The number of aromatic nitrogens is 2. The van der Waals surface area contributed by atoms with E-state index in [4.69, 9.17) is 0 Å². The summed E-state index contributed by atoms with van der Waals surface area (Å²) in [5, 5.41) is 3.28. The van der Waals surface area contributed by atoms with E-state index in [1.54, 1.807) is 10.6 Å². The molecular weight excluding hydrogens is 214 g/mol. The smallest absolute Gasteiger partial charge is 0.254 e. The quantitative estimate of drug-likeness (QED) is 0.785. The summed E-state index contributed by atoms with van der Waals surface area (Å²) in [7, 11) is 0. The molecule has 1 N–H and O–H groups in total. The van der Waals surface area contributed by atoms with Crippen LogP contribution < -0.4 is 10.9 Å². The van der Waals surface area contributed by atoms with Crippen molar-refractivity contribution >= 4 is 0 Å². The van der Waals surface area contributed by atoms with E-state index in [2.05, 4.69) is 30.7 Å². The molecule has 1 heterocycles. The van der Waals surface area contributed by atoms with Crippen LogP contribution in [0.4, 0.5) is 0 Å². The van der Waals surface area contributed by atoms with Crippen molar-refractivity contribution in [1.29, 1.82) is 0 Å². The Morgan fingerprint density at radius 3 is 2.71 bits per heavy atom. The molecule has 94 valence electrons. The molecule has 0 aliphatic heterocycles.